The molecule has 1 N–H and O–H groups in total. The summed E-state index contributed by atoms with van der Waals surface area (Å²) in [6.07, 6.45) is 3.92. The predicted molar refractivity (Wildman–Crippen MR) is 62.0 cm³/mol. The van der Waals surface area contributed by atoms with E-state index in [4.69, 9.17) is 16.9 Å². The number of halogens is 1. The van der Waals surface area contributed by atoms with E-state index < -0.39 is 0 Å². The first-order chi connectivity index (χ1) is 7.31. The molecule has 0 amide bonds. The van der Waals surface area contributed by atoms with Gasteiger partial charge in [0.05, 0.1) is 16.3 Å². The molecule has 78 valence electrons. The number of hydrogen-bond acceptors (Lipinski definition) is 2. The van der Waals surface area contributed by atoms with Crippen LogP contribution in [-0.2, 0) is 0 Å². The fraction of sp³-hybridized carbons (Fsp3) is 0.417. The molecule has 1 saturated carbocycles. The number of nitrogens with zero attached hydrogens (tertiary/aromatic N) is 1. The van der Waals surface area contributed by atoms with Crippen LogP contribution in [-0.4, -0.2) is 6.54 Å². The van der Waals surface area contributed by atoms with Crippen LogP contribution in [0.5, 0.6) is 0 Å². The van der Waals surface area contributed by atoms with Gasteiger partial charge in [-0.3, -0.25) is 0 Å². The van der Waals surface area contributed by atoms with E-state index in [1.807, 2.05) is 12.1 Å². The van der Waals surface area contributed by atoms with Crippen molar-refractivity contribution in [1.29, 1.82) is 5.26 Å². The summed E-state index contributed by atoms with van der Waals surface area (Å²) in [5.41, 5.74) is 1.40. The van der Waals surface area contributed by atoms with Crippen molar-refractivity contribution in [3.8, 4) is 6.07 Å². The number of anilines is 1. The minimum absolute atomic E-state index is 0.522. The Morgan fingerprint density at radius 1 is 1.47 bits per heavy atom. The average Bonchev–Trinajstić information content (AvgIpc) is 3.02. The van der Waals surface area contributed by atoms with Crippen LogP contribution in [0, 0.1) is 17.2 Å². The molecule has 0 atom stereocenters. The smallest absolute Gasteiger partial charge is 0.103 e. The molecule has 2 nitrogen and oxygen atoms in total. The zero-order valence-electron chi connectivity index (χ0n) is 8.46. The second kappa shape index (κ2) is 4.55. The summed E-state index contributed by atoms with van der Waals surface area (Å²) in [5.74, 6) is 0.905. The van der Waals surface area contributed by atoms with Crippen LogP contribution < -0.4 is 5.32 Å². The van der Waals surface area contributed by atoms with Gasteiger partial charge < -0.3 is 5.32 Å². The summed E-state index contributed by atoms with van der Waals surface area (Å²) >= 11 is 5.92. The first-order valence-electron chi connectivity index (χ1n) is 5.23. The van der Waals surface area contributed by atoms with Crippen LogP contribution >= 0.6 is 11.6 Å². The molecule has 1 aliphatic rings. The van der Waals surface area contributed by atoms with Gasteiger partial charge in [0.2, 0.25) is 0 Å². The summed E-state index contributed by atoms with van der Waals surface area (Å²) in [4.78, 5) is 0. The number of rotatable bonds is 4. The Bertz CT molecular complexity index is 391. The Kier molecular flexibility index (Phi) is 3.13. The summed E-state index contributed by atoms with van der Waals surface area (Å²) in [7, 11) is 0. The maximum atomic E-state index is 8.95. The van der Waals surface area contributed by atoms with Crippen molar-refractivity contribution >= 4 is 17.3 Å². The van der Waals surface area contributed by atoms with Gasteiger partial charge in [0.1, 0.15) is 6.07 Å². The molecule has 0 unspecified atom stereocenters. The highest BCUT2D eigenvalue weighted by molar-refractivity contribution is 6.32. The Labute approximate surface area is 94.9 Å². The highest BCUT2D eigenvalue weighted by Crippen LogP contribution is 2.32. The van der Waals surface area contributed by atoms with Crippen LogP contribution in [0.2, 0.25) is 5.02 Å². The van der Waals surface area contributed by atoms with Crippen LogP contribution in [0.25, 0.3) is 0 Å². The first kappa shape index (κ1) is 10.3. The standard InChI is InChI=1S/C12H13ClN2/c13-11-2-1-3-12(10(11)8-14)15-7-6-9-4-5-9/h1-3,9,15H,4-7H2. The summed E-state index contributed by atoms with van der Waals surface area (Å²) in [6.45, 7) is 0.930. The molecule has 1 fully saturated rings. The molecular formula is C12H13ClN2. The fourth-order valence-electron chi connectivity index (χ4n) is 1.60. The van der Waals surface area contributed by atoms with Crippen LogP contribution in [0.4, 0.5) is 5.69 Å². The molecule has 1 aromatic carbocycles. The van der Waals surface area contributed by atoms with Gasteiger partial charge in [-0.1, -0.05) is 30.5 Å². The van der Waals surface area contributed by atoms with Crippen molar-refractivity contribution in [2.24, 2.45) is 5.92 Å². The van der Waals surface area contributed by atoms with Crippen molar-refractivity contribution in [3.05, 3.63) is 28.8 Å². The third kappa shape index (κ3) is 2.64. The lowest BCUT2D eigenvalue weighted by molar-refractivity contribution is 0.760. The average molecular weight is 221 g/mol. The lowest BCUT2D eigenvalue weighted by Gasteiger charge is -2.08. The van der Waals surface area contributed by atoms with E-state index in [0.29, 0.717) is 10.6 Å². The Morgan fingerprint density at radius 3 is 2.93 bits per heavy atom. The lowest BCUT2D eigenvalue weighted by atomic mass is 10.2. The van der Waals surface area contributed by atoms with Gasteiger partial charge in [-0.15, -0.1) is 0 Å². The van der Waals surface area contributed by atoms with E-state index in [2.05, 4.69) is 11.4 Å². The van der Waals surface area contributed by atoms with Gasteiger partial charge in [-0.2, -0.15) is 5.26 Å². The van der Waals surface area contributed by atoms with E-state index in [1.165, 1.54) is 19.3 Å². The second-order valence-corrected chi connectivity index (χ2v) is 4.34. The Hall–Kier alpha value is -1.20. The van der Waals surface area contributed by atoms with Crippen molar-refractivity contribution < 1.29 is 0 Å². The number of nitrogens with one attached hydrogen (secondary N) is 1. The fourth-order valence-corrected chi connectivity index (χ4v) is 1.82. The normalized spacial score (nSPS) is 14.7. The second-order valence-electron chi connectivity index (χ2n) is 3.93. The molecular weight excluding hydrogens is 208 g/mol. The van der Waals surface area contributed by atoms with E-state index in [0.717, 1.165) is 18.2 Å². The van der Waals surface area contributed by atoms with Gasteiger partial charge in [0.25, 0.3) is 0 Å². The van der Waals surface area contributed by atoms with Crippen LogP contribution in [0.3, 0.4) is 0 Å². The highest BCUT2D eigenvalue weighted by Gasteiger charge is 2.20. The molecule has 0 heterocycles. The largest absolute Gasteiger partial charge is 0.384 e. The molecule has 1 aliphatic carbocycles. The van der Waals surface area contributed by atoms with Crippen LogP contribution in [0.15, 0.2) is 18.2 Å². The topological polar surface area (TPSA) is 35.8 Å². The molecule has 0 aromatic heterocycles. The third-order valence-electron chi connectivity index (χ3n) is 2.69. The van der Waals surface area contributed by atoms with Crippen molar-refractivity contribution in [2.45, 2.75) is 19.3 Å². The van der Waals surface area contributed by atoms with Gasteiger partial charge in [-0.05, 0) is 24.5 Å². The summed E-state index contributed by atoms with van der Waals surface area (Å²) < 4.78 is 0. The number of nitriles is 1. The molecule has 0 spiro atoms. The Morgan fingerprint density at radius 2 is 2.27 bits per heavy atom. The maximum Gasteiger partial charge on any atom is 0.103 e. The number of hydrogen-bond donors (Lipinski definition) is 1. The molecule has 2 rings (SSSR count). The monoisotopic (exact) mass is 220 g/mol. The summed E-state index contributed by atoms with van der Waals surface area (Å²) in [6, 6.07) is 7.63. The van der Waals surface area contributed by atoms with Gasteiger partial charge in [0.15, 0.2) is 0 Å². The quantitative estimate of drug-likeness (QED) is 0.844. The minimum atomic E-state index is 0.522. The molecule has 0 aliphatic heterocycles. The lowest BCUT2D eigenvalue weighted by Crippen LogP contribution is -2.03. The highest BCUT2D eigenvalue weighted by atomic mass is 35.5. The maximum absolute atomic E-state index is 8.95. The molecule has 0 bridgehead atoms. The zero-order chi connectivity index (χ0) is 10.7. The van der Waals surface area contributed by atoms with E-state index in [1.54, 1.807) is 6.07 Å². The molecule has 0 saturated heterocycles. The third-order valence-corrected chi connectivity index (χ3v) is 3.01. The first-order valence-corrected chi connectivity index (χ1v) is 5.61. The van der Waals surface area contributed by atoms with Gasteiger partial charge in [0, 0.05) is 6.54 Å². The van der Waals surface area contributed by atoms with Crippen LogP contribution in [0.1, 0.15) is 24.8 Å². The number of benzene rings is 1. The van der Waals surface area contributed by atoms with E-state index in [-0.39, 0.29) is 0 Å². The predicted octanol–water partition coefficient (Wildman–Crippen LogP) is 3.42. The SMILES string of the molecule is N#Cc1c(Cl)cccc1NCCC1CC1. The van der Waals surface area contributed by atoms with Gasteiger partial charge >= 0.3 is 0 Å². The molecule has 1 aromatic rings. The summed E-state index contributed by atoms with van der Waals surface area (Å²) in [5, 5.41) is 12.7. The van der Waals surface area contributed by atoms with Crippen molar-refractivity contribution in [2.75, 3.05) is 11.9 Å². The minimum Gasteiger partial charge on any atom is -0.384 e. The van der Waals surface area contributed by atoms with E-state index >= 15 is 0 Å². The molecule has 3 heteroatoms. The van der Waals surface area contributed by atoms with Crippen molar-refractivity contribution in [1.82, 2.24) is 0 Å². The van der Waals surface area contributed by atoms with Gasteiger partial charge in [-0.25, -0.2) is 0 Å². The van der Waals surface area contributed by atoms with Crippen molar-refractivity contribution in [3.63, 3.8) is 0 Å². The molecule has 0 radical (unpaired) electrons. The molecule has 15 heavy (non-hydrogen) atoms. The Balaban J connectivity index is 1.99. The zero-order valence-corrected chi connectivity index (χ0v) is 9.22. The van der Waals surface area contributed by atoms with E-state index in [9.17, 15) is 0 Å².